The SMILES string of the molecule is S=C=NC=CC=CN=C=S. The van der Waals surface area contributed by atoms with E-state index in [2.05, 4.69) is 44.7 Å². The maximum Gasteiger partial charge on any atom is 0.0634 e. The van der Waals surface area contributed by atoms with E-state index in [9.17, 15) is 0 Å². The van der Waals surface area contributed by atoms with Crippen LogP contribution in [0.1, 0.15) is 0 Å². The first-order valence-corrected chi connectivity index (χ1v) is 3.19. The molecule has 0 spiro atoms. The molecule has 2 nitrogen and oxygen atoms in total. The predicted octanol–water partition coefficient (Wildman–Crippen LogP) is 2.22. The van der Waals surface area contributed by atoms with Gasteiger partial charge in [0, 0.05) is 12.4 Å². The molecule has 0 saturated carbocycles. The Morgan fingerprint density at radius 1 is 0.900 bits per heavy atom. The van der Waals surface area contributed by atoms with Gasteiger partial charge in [0.1, 0.15) is 0 Å². The molecule has 0 heterocycles. The van der Waals surface area contributed by atoms with E-state index in [0.717, 1.165) is 0 Å². The summed E-state index contributed by atoms with van der Waals surface area (Å²) in [4.78, 5) is 7.03. The van der Waals surface area contributed by atoms with Crippen LogP contribution in [0.4, 0.5) is 0 Å². The average Bonchev–Trinajstić information content (AvgIpc) is 1.97. The van der Waals surface area contributed by atoms with Crippen molar-refractivity contribution in [1.29, 1.82) is 0 Å². The fourth-order valence-electron chi connectivity index (χ4n) is 0.246. The first-order chi connectivity index (χ1) is 4.91. The molecule has 0 aliphatic rings. The maximum absolute atomic E-state index is 4.31. The molecule has 0 amide bonds. The fraction of sp³-hybridized carbons (Fsp3) is 0. The van der Waals surface area contributed by atoms with E-state index >= 15 is 0 Å². The van der Waals surface area contributed by atoms with Crippen molar-refractivity contribution in [1.82, 2.24) is 0 Å². The van der Waals surface area contributed by atoms with Crippen LogP contribution in [0.3, 0.4) is 0 Å². The molecule has 0 atom stereocenters. The second-order valence-corrected chi connectivity index (χ2v) is 1.49. The molecule has 0 aromatic carbocycles. The number of aliphatic imine (C=N–C) groups is 2. The van der Waals surface area contributed by atoms with Crippen molar-refractivity contribution in [3.05, 3.63) is 24.6 Å². The molecule has 0 bridgehead atoms. The Balaban J connectivity index is 3.71. The van der Waals surface area contributed by atoms with Gasteiger partial charge in [0.2, 0.25) is 0 Å². The van der Waals surface area contributed by atoms with Crippen molar-refractivity contribution >= 4 is 34.8 Å². The molecule has 0 aromatic heterocycles. The van der Waals surface area contributed by atoms with Gasteiger partial charge in [-0.05, 0) is 36.6 Å². The third kappa shape index (κ3) is 7.08. The van der Waals surface area contributed by atoms with Gasteiger partial charge in [0.25, 0.3) is 0 Å². The van der Waals surface area contributed by atoms with Crippen molar-refractivity contribution in [2.45, 2.75) is 0 Å². The van der Waals surface area contributed by atoms with Crippen LogP contribution in [-0.2, 0) is 0 Å². The normalized spacial score (nSPS) is 9.20. The number of allylic oxidation sites excluding steroid dienone is 2. The first kappa shape index (κ1) is 9.08. The fourth-order valence-corrected chi connectivity index (χ4v) is 0.368. The number of rotatable bonds is 3. The largest absolute Gasteiger partial charge is 0.203 e. The van der Waals surface area contributed by atoms with E-state index in [1.54, 1.807) is 12.2 Å². The van der Waals surface area contributed by atoms with Gasteiger partial charge in [-0.1, -0.05) is 0 Å². The van der Waals surface area contributed by atoms with Crippen LogP contribution >= 0.6 is 24.4 Å². The molecule has 0 rings (SSSR count). The first-order valence-electron chi connectivity index (χ1n) is 2.37. The smallest absolute Gasteiger partial charge is 0.0634 e. The molecule has 0 aliphatic carbocycles. The van der Waals surface area contributed by atoms with E-state index < -0.39 is 0 Å². The summed E-state index contributed by atoms with van der Waals surface area (Å²) < 4.78 is 0. The Kier molecular flexibility index (Phi) is 7.34. The number of isothiocyanates is 2. The lowest BCUT2D eigenvalue weighted by molar-refractivity contribution is 1.57. The monoisotopic (exact) mass is 168 g/mol. The zero-order valence-corrected chi connectivity index (χ0v) is 6.65. The lowest BCUT2D eigenvalue weighted by Crippen LogP contribution is -1.49. The summed E-state index contributed by atoms with van der Waals surface area (Å²) in [7, 11) is 0. The van der Waals surface area contributed by atoms with Crippen LogP contribution in [0, 0.1) is 0 Å². The summed E-state index contributed by atoms with van der Waals surface area (Å²) >= 11 is 8.62. The van der Waals surface area contributed by atoms with Gasteiger partial charge >= 0.3 is 0 Å². The summed E-state index contributed by atoms with van der Waals surface area (Å²) in [5.74, 6) is 0. The quantitative estimate of drug-likeness (QED) is 0.366. The van der Waals surface area contributed by atoms with E-state index in [4.69, 9.17) is 0 Å². The lowest BCUT2D eigenvalue weighted by atomic mass is 10.6. The van der Waals surface area contributed by atoms with Gasteiger partial charge in [-0.2, -0.15) is 0 Å². The number of hydrogen-bond acceptors (Lipinski definition) is 4. The zero-order valence-electron chi connectivity index (χ0n) is 5.02. The number of nitrogens with zero attached hydrogens (tertiary/aromatic N) is 2. The van der Waals surface area contributed by atoms with Gasteiger partial charge in [0.15, 0.2) is 0 Å². The molecule has 0 aromatic rings. The maximum atomic E-state index is 4.31. The summed E-state index contributed by atoms with van der Waals surface area (Å²) in [6.45, 7) is 0. The van der Waals surface area contributed by atoms with E-state index in [1.807, 2.05) is 0 Å². The average molecular weight is 168 g/mol. The third-order valence-electron chi connectivity index (χ3n) is 0.538. The molecule has 0 saturated heterocycles. The molecule has 4 heteroatoms. The van der Waals surface area contributed by atoms with Crippen molar-refractivity contribution in [3.63, 3.8) is 0 Å². The van der Waals surface area contributed by atoms with Gasteiger partial charge in [0.05, 0.1) is 10.3 Å². The molecule has 0 aliphatic heterocycles. The Bertz CT molecular complexity index is 204. The van der Waals surface area contributed by atoms with Crippen molar-refractivity contribution in [2.75, 3.05) is 0 Å². The Morgan fingerprint density at radius 3 is 1.60 bits per heavy atom. The molecule has 10 heavy (non-hydrogen) atoms. The van der Waals surface area contributed by atoms with Crippen LogP contribution in [0.25, 0.3) is 0 Å². The molecule has 0 N–H and O–H groups in total. The highest BCUT2D eigenvalue weighted by atomic mass is 32.1. The van der Waals surface area contributed by atoms with Gasteiger partial charge in [-0.15, -0.1) is 0 Å². The summed E-state index contributed by atoms with van der Waals surface area (Å²) in [6.07, 6.45) is 6.33. The van der Waals surface area contributed by atoms with Crippen LogP contribution in [0.2, 0.25) is 0 Å². The molecular weight excluding hydrogens is 164 g/mol. The van der Waals surface area contributed by atoms with Crippen LogP contribution in [-0.4, -0.2) is 10.3 Å². The summed E-state index contributed by atoms with van der Waals surface area (Å²) in [6, 6.07) is 0. The minimum absolute atomic E-state index is 1.50. The van der Waals surface area contributed by atoms with Crippen LogP contribution in [0.5, 0.6) is 0 Å². The minimum atomic E-state index is 1.50. The van der Waals surface area contributed by atoms with Crippen molar-refractivity contribution in [2.24, 2.45) is 9.98 Å². The highest BCUT2D eigenvalue weighted by Crippen LogP contribution is 1.77. The molecular formula is C6H4N2S2. The standard InChI is InChI=1S/C6H4N2S2/c9-5-7-3-1-2-4-8-6-10/h1-4H. The summed E-state index contributed by atoms with van der Waals surface area (Å²) in [5.41, 5.74) is 0. The van der Waals surface area contributed by atoms with E-state index in [0.29, 0.717) is 0 Å². The summed E-state index contributed by atoms with van der Waals surface area (Å²) in [5, 5.41) is 4.36. The Morgan fingerprint density at radius 2 is 1.30 bits per heavy atom. The molecule has 50 valence electrons. The molecule has 0 radical (unpaired) electrons. The van der Waals surface area contributed by atoms with Gasteiger partial charge in [-0.3, -0.25) is 0 Å². The second kappa shape index (κ2) is 8.08. The van der Waals surface area contributed by atoms with Gasteiger partial charge in [-0.25, -0.2) is 9.98 Å². The van der Waals surface area contributed by atoms with Crippen molar-refractivity contribution < 1.29 is 0 Å². The second-order valence-electron chi connectivity index (χ2n) is 1.12. The third-order valence-corrected chi connectivity index (χ3v) is 0.749. The molecule has 0 fully saturated rings. The van der Waals surface area contributed by atoms with E-state index in [-0.39, 0.29) is 0 Å². The van der Waals surface area contributed by atoms with Crippen LogP contribution < -0.4 is 0 Å². The highest BCUT2D eigenvalue weighted by molar-refractivity contribution is 7.78. The Hall–Kier alpha value is -0.920. The minimum Gasteiger partial charge on any atom is -0.203 e. The van der Waals surface area contributed by atoms with Crippen molar-refractivity contribution in [3.8, 4) is 0 Å². The topological polar surface area (TPSA) is 24.7 Å². The van der Waals surface area contributed by atoms with E-state index in [1.165, 1.54) is 12.4 Å². The molecule has 0 unspecified atom stereocenters. The number of hydrogen-bond donors (Lipinski definition) is 0. The highest BCUT2D eigenvalue weighted by Gasteiger charge is 1.58. The zero-order chi connectivity index (χ0) is 7.66. The van der Waals surface area contributed by atoms with Gasteiger partial charge < -0.3 is 0 Å². The number of thiocarbonyl (C=S) groups is 2. The predicted molar refractivity (Wildman–Crippen MR) is 48.3 cm³/mol. The lowest BCUT2D eigenvalue weighted by Gasteiger charge is -1.66. The Labute approximate surface area is 69.7 Å². The van der Waals surface area contributed by atoms with Crippen LogP contribution in [0.15, 0.2) is 34.5 Å².